The van der Waals surface area contributed by atoms with Gasteiger partial charge in [0.15, 0.2) is 0 Å². The fourth-order valence-corrected chi connectivity index (χ4v) is 3.53. The van der Waals surface area contributed by atoms with Crippen molar-refractivity contribution in [2.75, 3.05) is 32.6 Å². The molecule has 28 heavy (non-hydrogen) atoms. The molecule has 7 heteroatoms. The summed E-state index contributed by atoms with van der Waals surface area (Å²) in [4.78, 5) is 14.9. The molecule has 2 aromatic rings. The molecule has 0 spiro atoms. The Morgan fingerprint density at radius 2 is 1.86 bits per heavy atom. The molecule has 1 fully saturated rings. The molecule has 3 atom stereocenters. The maximum absolute atomic E-state index is 12.8. The van der Waals surface area contributed by atoms with E-state index in [4.69, 9.17) is 15.2 Å². The van der Waals surface area contributed by atoms with Gasteiger partial charge in [0.2, 0.25) is 5.91 Å². The molecular formula is C21H28ClN3O3. The van der Waals surface area contributed by atoms with Crippen molar-refractivity contribution >= 4 is 24.0 Å². The highest BCUT2D eigenvalue weighted by Crippen LogP contribution is 2.31. The van der Waals surface area contributed by atoms with Gasteiger partial charge >= 0.3 is 0 Å². The Kier molecular flexibility index (Phi) is 7.69. The van der Waals surface area contributed by atoms with E-state index in [0.29, 0.717) is 23.7 Å². The van der Waals surface area contributed by atoms with Crippen molar-refractivity contribution in [1.29, 1.82) is 0 Å². The van der Waals surface area contributed by atoms with Gasteiger partial charge in [0.25, 0.3) is 0 Å². The van der Waals surface area contributed by atoms with Crippen LogP contribution >= 0.6 is 12.4 Å². The van der Waals surface area contributed by atoms with Crippen LogP contribution in [0.3, 0.4) is 0 Å². The van der Waals surface area contributed by atoms with E-state index in [-0.39, 0.29) is 36.3 Å². The van der Waals surface area contributed by atoms with E-state index in [2.05, 4.69) is 22.3 Å². The van der Waals surface area contributed by atoms with E-state index >= 15 is 0 Å². The average molecular weight is 406 g/mol. The van der Waals surface area contributed by atoms with Crippen molar-refractivity contribution in [2.24, 2.45) is 5.73 Å². The zero-order valence-corrected chi connectivity index (χ0v) is 17.2. The number of likely N-dealkylation sites (tertiary alicyclic amines) is 1. The Labute approximate surface area is 172 Å². The molecule has 1 heterocycles. The van der Waals surface area contributed by atoms with Gasteiger partial charge in [-0.1, -0.05) is 30.3 Å². The molecule has 1 unspecified atom stereocenters. The highest BCUT2D eigenvalue weighted by molar-refractivity contribution is 5.96. The van der Waals surface area contributed by atoms with Gasteiger partial charge in [0.05, 0.1) is 25.9 Å². The van der Waals surface area contributed by atoms with Gasteiger partial charge in [-0.3, -0.25) is 9.69 Å². The van der Waals surface area contributed by atoms with Crippen molar-refractivity contribution in [1.82, 2.24) is 4.90 Å². The molecule has 1 aliphatic rings. The fraction of sp³-hybridized carbons (Fsp3) is 0.381. The van der Waals surface area contributed by atoms with Crippen molar-refractivity contribution < 1.29 is 14.3 Å². The predicted molar refractivity (Wildman–Crippen MR) is 114 cm³/mol. The van der Waals surface area contributed by atoms with Gasteiger partial charge in [-0.25, -0.2) is 0 Å². The summed E-state index contributed by atoms with van der Waals surface area (Å²) in [5, 5.41) is 2.96. The van der Waals surface area contributed by atoms with E-state index in [0.717, 1.165) is 6.54 Å². The maximum Gasteiger partial charge on any atom is 0.241 e. The first-order valence-corrected chi connectivity index (χ1v) is 9.11. The number of anilines is 1. The molecule has 1 saturated heterocycles. The topological polar surface area (TPSA) is 76.8 Å². The fourth-order valence-electron chi connectivity index (χ4n) is 3.53. The average Bonchev–Trinajstić information content (AvgIpc) is 3.09. The van der Waals surface area contributed by atoms with Crippen LogP contribution in [0.15, 0.2) is 48.5 Å². The Morgan fingerprint density at radius 3 is 2.50 bits per heavy atom. The third-order valence-corrected chi connectivity index (χ3v) is 5.21. The molecule has 6 nitrogen and oxygen atoms in total. The van der Waals surface area contributed by atoms with Gasteiger partial charge in [0.1, 0.15) is 11.5 Å². The zero-order chi connectivity index (χ0) is 19.4. The molecule has 0 bridgehead atoms. The number of rotatable bonds is 6. The van der Waals surface area contributed by atoms with Gasteiger partial charge in [0, 0.05) is 31.1 Å². The number of halogens is 1. The summed E-state index contributed by atoms with van der Waals surface area (Å²) in [5.74, 6) is 1.39. The summed E-state index contributed by atoms with van der Waals surface area (Å²) >= 11 is 0. The largest absolute Gasteiger partial charge is 0.497 e. The zero-order valence-electron chi connectivity index (χ0n) is 16.4. The van der Waals surface area contributed by atoms with Crippen LogP contribution in [0.2, 0.25) is 0 Å². The van der Waals surface area contributed by atoms with Gasteiger partial charge in [-0.05, 0) is 24.6 Å². The smallest absolute Gasteiger partial charge is 0.241 e. The third kappa shape index (κ3) is 4.76. The second-order valence-electron chi connectivity index (χ2n) is 6.87. The molecule has 0 aliphatic carbocycles. The molecule has 3 rings (SSSR count). The van der Waals surface area contributed by atoms with Crippen LogP contribution in [0.25, 0.3) is 0 Å². The monoisotopic (exact) mass is 405 g/mol. The molecule has 2 aromatic carbocycles. The van der Waals surface area contributed by atoms with Crippen molar-refractivity contribution in [3.63, 3.8) is 0 Å². The predicted octanol–water partition coefficient (Wildman–Crippen LogP) is 2.88. The SMILES string of the molecule is COc1ccc(NC(=O)C(C)N2C[C@@H](N)[C@H](c3ccccc3)C2)c(OC)c1.Cl. The van der Waals surface area contributed by atoms with E-state index in [1.807, 2.05) is 25.1 Å². The highest BCUT2D eigenvalue weighted by Gasteiger charge is 2.35. The normalized spacial score (nSPS) is 20.1. The number of methoxy groups -OCH3 is 2. The number of nitrogens with two attached hydrogens (primary N) is 1. The summed E-state index contributed by atoms with van der Waals surface area (Å²) in [6, 6.07) is 15.3. The van der Waals surface area contributed by atoms with Crippen molar-refractivity contribution in [3.8, 4) is 11.5 Å². The van der Waals surface area contributed by atoms with Crippen LogP contribution in [-0.2, 0) is 4.79 Å². The second kappa shape index (κ2) is 9.78. The quantitative estimate of drug-likeness (QED) is 0.772. The number of nitrogens with zero attached hydrogens (tertiary/aromatic N) is 1. The van der Waals surface area contributed by atoms with Crippen LogP contribution in [0, 0.1) is 0 Å². The highest BCUT2D eigenvalue weighted by atomic mass is 35.5. The Hall–Kier alpha value is -2.28. The minimum Gasteiger partial charge on any atom is -0.497 e. The lowest BCUT2D eigenvalue weighted by atomic mass is 9.95. The number of benzene rings is 2. The first kappa shape index (κ1) is 22.0. The molecule has 0 radical (unpaired) electrons. The summed E-state index contributed by atoms with van der Waals surface area (Å²) in [6.45, 7) is 3.36. The van der Waals surface area contributed by atoms with Crippen molar-refractivity contribution in [3.05, 3.63) is 54.1 Å². The number of nitrogens with one attached hydrogen (secondary N) is 1. The summed E-state index contributed by atoms with van der Waals surface area (Å²) in [7, 11) is 3.16. The Balaban J connectivity index is 0.00000280. The van der Waals surface area contributed by atoms with Gasteiger partial charge in [-0.2, -0.15) is 0 Å². The Bertz CT molecular complexity index is 788. The molecule has 1 amide bonds. The number of hydrogen-bond donors (Lipinski definition) is 2. The lowest BCUT2D eigenvalue weighted by Gasteiger charge is -2.24. The number of hydrogen-bond acceptors (Lipinski definition) is 5. The number of ether oxygens (including phenoxy) is 2. The van der Waals surface area contributed by atoms with Gasteiger partial charge in [-0.15, -0.1) is 12.4 Å². The van der Waals surface area contributed by atoms with E-state index in [9.17, 15) is 4.79 Å². The molecule has 1 aliphatic heterocycles. The minimum absolute atomic E-state index is 0. The molecule has 0 saturated carbocycles. The van der Waals surface area contributed by atoms with Crippen LogP contribution in [0.1, 0.15) is 18.4 Å². The Morgan fingerprint density at radius 1 is 1.14 bits per heavy atom. The third-order valence-electron chi connectivity index (χ3n) is 5.21. The van der Waals surface area contributed by atoms with E-state index in [1.54, 1.807) is 32.4 Å². The lowest BCUT2D eigenvalue weighted by Crippen LogP contribution is -2.41. The summed E-state index contributed by atoms with van der Waals surface area (Å²) < 4.78 is 10.6. The number of amides is 1. The van der Waals surface area contributed by atoms with Crippen molar-refractivity contribution in [2.45, 2.75) is 24.9 Å². The number of carbonyl (C=O) groups excluding carboxylic acids is 1. The van der Waals surface area contributed by atoms with E-state index in [1.165, 1.54) is 5.56 Å². The minimum atomic E-state index is -0.295. The summed E-state index contributed by atoms with van der Waals surface area (Å²) in [6.07, 6.45) is 0. The maximum atomic E-state index is 12.8. The molecule has 0 aromatic heterocycles. The van der Waals surface area contributed by atoms with Crippen LogP contribution in [0.5, 0.6) is 11.5 Å². The molecule has 152 valence electrons. The molecule has 3 N–H and O–H groups in total. The van der Waals surface area contributed by atoms with Crippen LogP contribution < -0.4 is 20.5 Å². The standard InChI is InChI=1S/C21H27N3O3.ClH/c1-14(21(25)23-19-10-9-16(26-2)11-20(19)27-3)24-12-17(18(22)13-24)15-7-5-4-6-8-15;/h4-11,14,17-18H,12-13,22H2,1-3H3,(H,23,25);1H/t14?,17-,18+;/m0./s1. The number of carbonyl (C=O) groups is 1. The van der Waals surface area contributed by atoms with Crippen LogP contribution in [0.4, 0.5) is 5.69 Å². The molecular weight excluding hydrogens is 378 g/mol. The first-order chi connectivity index (χ1) is 13.0. The first-order valence-electron chi connectivity index (χ1n) is 9.11. The summed E-state index contributed by atoms with van der Waals surface area (Å²) in [5.41, 5.74) is 8.21. The lowest BCUT2D eigenvalue weighted by molar-refractivity contribution is -0.120. The second-order valence-corrected chi connectivity index (χ2v) is 6.87. The van der Waals surface area contributed by atoms with Crippen LogP contribution in [-0.4, -0.2) is 50.2 Å². The van der Waals surface area contributed by atoms with E-state index < -0.39 is 0 Å². The van der Waals surface area contributed by atoms with Gasteiger partial charge < -0.3 is 20.5 Å².